The zero-order valence-corrected chi connectivity index (χ0v) is 26.7. The van der Waals surface area contributed by atoms with E-state index < -0.39 is 36.0 Å². The van der Waals surface area contributed by atoms with E-state index in [1.165, 1.54) is 0 Å². The van der Waals surface area contributed by atoms with Gasteiger partial charge in [-0.05, 0) is 70.6 Å². The maximum absolute atomic E-state index is 13.0. The van der Waals surface area contributed by atoms with E-state index in [4.69, 9.17) is 9.47 Å². The van der Waals surface area contributed by atoms with E-state index in [1.807, 2.05) is 50.1 Å². The van der Waals surface area contributed by atoms with Crippen molar-refractivity contribution < 1.29 is 34.1 Å². The van der Waals surface area contributed by atoms with Crippen molar-refractivity contribution in [1.29, 1.82) is 0 Å². The van der Waals surface area contributed by atoms with Gasteiger partial charge in [-0.3, -0.25) is 9.59 Å². The van der Waals surface area contributed by atoms with Crippen LogP contribution in [0.3, 0.4) is 0 Å². The van der Waals surface area contributed by atoms with Crippen molar-refractivity contribution in [2.45, 2.75) is 96.6 Å². The Kier molecular flexibility index (Phi) is 13.3. The van der Waals surface area contributed by atoms with Gasteiger partial charge >= 0.3 is 12.1 Å². The normalized spacial score (nSPS) is 31.7. The number of nitrogens with zero attached hydrogens (tertiary/aromatic N) is 3. The fourth-order valence-electron chi connectivity index (χ4n) is 5.69. The Hall–Kier alpha value is -2.69. The molecule has 10 heteroatoms. The molecule has 0 aliphatic carbocycles. The molecule has 3 aliphatic heterocycles. The van der Waals surface area contributed by atoms with Crippen molar-refractivity contribution in [2.24, 2.45) is 11.8 Å². The lowest BCUT2D eigenvalue weighted by Crippen LogP contribution is -2.50. The van der Waals surface area contributed by atoms with Gasteiger partial charge in [0.15, 0.2) is 6.10 Å². The fourth-order valence-corrected chi connectivity index (χ4v) is 5.69. The van der Waals surface area contributed by atoms with E-state index in [2.05, 4.69) is 11.8 Å². The predicted octanol–water partition coefficient (Wildman–Crippen LogP) is 3.68. The number of rotatable bonds is 7. The molecule has 3 aliphatic rings. The van der Waals surface area contributed by atoms with Gasteiger partial charge in [-0.15, -0.1) is 0 Å². The van der Waals surface area contributed by atoms with Crippen molar-refractivity contribution in [3.8, 4) is 0 Å². The number of piperazine rings is 1. The number of aliphatic hydroxyl groups is 2. The lowest BCUT2D eigenvalue weighted by molar-refractivity contribution is -0.151. The number of likely N-dealkylation sites (tertiary alicyclic amines) is 1. The van der Waals surface area contributed by atoms with Crippen LogP contribution in [0.2, 0.25) is 0 Å². The Morgan fingerprint density at radius 3 is 2.49 bits per heavy atom. The largest absolute Gasteiger partial charge is 0.457 e. The molecule has 0 aromatic heterocycles. The molecule has 0 radical (unpaired) electrons. The summed E-state index contributed by atoms with van der Waals surface area (Å²) in [6.45, 7) is 11.8. The van der Waals surface area contributed by atoms with Crippen molar-refractivity contribution in [2.75, 3.05) is 46.3 Å². The van der Waals surface area contributed by atoms with E-state index in [0.29, 0.717) is 19.5 Å². The molecule has 10 nitrogen and oxygen atoms in total. The van der Waals surface area contributed by atoms with Gasteiger partial charge in [0.25, 0.3) is 0 Å². The van der Waals surface area contributed by atoms with Gasteiger partial charge in [0, 0.05) is 51.6 Å². The molecule has 43 heavy (non-hydrogen) atoms. The van der Waals surface area contributed by atoms with Crippen LogP contribution >= 0.6 is 0 Å². The van der Waals surface area contributed by atoms with Crippen molar-refractivity contribution in [1.82, 2.24) is 14.7 Å². The average molecular weight is 604 g/mol. The Morgan fingerprint density at radius 2 is 1.81 bits per heavy atom. The summed E-state index contributed by atoms with van der Waals surface area (Å²) in [5, 5.41) is 21.9. The van der Waals surface area contributed by atoms with E-state index in [1.54, 1.807) is 17.9 Å². The Morgan fingerprint density at radius 1 is 1.14 bits per heavy atom. The topological polar surface area (TPSA) is 120 Å². The summed E-state index contributed by atoms with van der Waals surface area (Å²) < 4.78 is 11.7. The summed E-state index contributed by atoms with van der Waals surface area (Å²) in [4.78, 5) is 43.9. The summed E-state index contributed by atoms with van der Waals surface area (Å²) in [5.74, 6) is -0.387. The second-order valence-corrected chi connectivity index (χ2v) is 12.9. The van der Waals surface area contributed by atoms with E-state index >= 15 is 0 Å². The molecule has 0 unspecified atom stereocenters. The number of allylic oxidation sites excluding steroid dienone is 3. The van der Waals surface area contributed by atoms with Crippen molar-refractivity contribution >= 4 is 18.0 Å². The van der Waals surface area contributed by atoms with Gasteiger partial charge in [-0.2, -0.15) is 0 Å². The van der Waals surface area contributed by atoms with Gasteiger partial charge in [-0.1, -0.05) is 38.2 Å². The highest BCUT2D eigenvalue weighted by atomic mass is 16.6. The van der Waals surface area contributed by atoms with Gasteiger partial charge < -0.3 is 34.4 Å². The summed E-state index contributed by atoms with van der Waals surface area (Å²) >= 11 is 0. The zero-order valence-electron chi connectivity index (χ0n) is 26.7. The van der Waals surface area contributed by atoms with Crippen LogP contribution < -0.4 is 0 Å². The third kappa shape index (κ3) is 11.1. The number of cyclic esters (lactones) is 1. The molecule has 3 rings (SSSR count). The second kappa shape index (κ2) is 16.4. The molecule has 2 saturated heterocycles. The molecule has 0 aromatic carbocycles. The molecule has 0 spiro atoms. The molecule has 2 amide bonds. The highest BCUT2D eigenvalue weighted by Gasteiger charge is 2.36. The average Bonchev–Trinajstić information content (AvgIpc) is 3.50. The van der Waals surface area contributed by atoms with Gasteiger partial charge in [0.2, 0.25) is 5.91 Å². The number of likely N-dealkylation sites (N-methyl/N-ethyl adjacent to an activating group) is 1. The molecular weight excluding hydrogens is 550 g/mol. The molecule has 242 valence electrons. The number of aliphatic hydroxyl groups excluding tert-OH is 1. The Balaban J connectivity index is 1.71. The van der Waals surface area contributed by atoms with Crippen LogP contribution in [0.25, 0.3) is 0 Å². The summed E-state index contributed by atoms with van der Waals surface area (Å²) in [6.07, 6.45) is 9.90. The SMILES string of the molecule is C/C(=C\C=C\[C@@H](C)CCC(=O)N1CCCC1)[C@H]1OC(=O)C[C@@H](O)CC[C@](C)(O)[C@@H](OC(=O)N2CCN(C)CC2)/C=C/[C@@H]1C. The van der Waals surface area contributed by atoms with Crippen LogP contribution in [0, 0.1) is 11.8 Å². The number of ether oxygens (including phenoxy) is 2. The monoisotopic (exact) mass is 603 g/mol. The Labute approximate surface area is 257 Å². The first-order valence-corrected chi connectivity index (χ1v) is 15.9. The second-order valence-electron chi connectivity index (χ2n) is 12.9. The van der Waals surface area contributed by atoms with Crippen LogP contribution in [-0.4, -0.2) is 113 Å². The lowest BCUT2D eigenvalue weighted by Gasteiger charge is -2.36. The highest BCUT2D eigenvalue weighted by molar-refractivity contribution is 5.76. The van der Waals surface area contributed by atoms with Gasteiger partial charge in [0.1, 0.15) is 11.7 Å². The predicted molar refractivity (Wildman–Crippen MR) is 165 cm³/mol. The lowest BCUT2D eigenvalue weighted by atomic mass is 9.88. The summed E-state index contributed by atoms with van der Waals surface area (Å²) in [7, 11) is 2.00. The molecule has 2 N–H and O–H groups in total. The standard InChI is InChI=1S/C33H53N3O7/c1-24(11-14-29(38)35-17-6-7-18-35)9-8-10-25(2)31-26(3)12-13-28(42-32(40)36-21-19-34(5)20-22-36)33(4,41)16-15-27(37)23-30(39)43-31/h8-10,12-13,24,26-28,31,37,41H,6-7,11,14-23H2,1-5H3/b9-8+,13-12+,25-10+/t24-,26+,27+,28+,31-,33+/m1/s1. The summed E-state index contributed by atoms with van der Waals surface area (Å²) in [6, 6.07) is 0. The van der Waals surface area contributed by atoms with E-state index in [9.17, 15) is 24.6 Å². The van der Waals surface area contributed by atoms with Crippen LogP contribution in [0.15, 0.2) is 36.0 Å². The first-order chi connectivity index (χ1) is 20.4. The molecule has 2 fully saturated rings. The third-order valence-electron chi connectivity index (χ3n) is 8.83. The maximum atomic E-state index is 13.0. The minimum atomic E-state index is -1.45. The molecular formula is C33H53N3O7. The first kappa shape index (κ1) is 34.8. The van der Waals surface area contributed by atoms with Gasteiger partial charge in [0.05, 0.1) is 12.5 Å². The quantitative estimate of drug-likeness (QED) is 0.257. The van der Waals surface area contributed by atoms with Gasteiger partial charge in [-0.25, -0.2) is 4.79 Å². The molecule has 3 heterocycles. The van der Waals surface area contributed by atoms with Crippen LogP contribution in [0.1, 0.15) is 72.6 Å². The number of carbonyl (C=O) groups excluding carboxylic acids is 3. The molecule has 0 saturated carbocycles. The minimum absolute atomic E-state index is 0.135. The fraction of sp³-hybridized carbons (Fsp3) is 0.727. The molecule has 6 atom stereocenters. The molecule has 0 bridgehead atoms. The van der Waals surface area contributed by atoms with Crippen LogP contribution in [-0.2, 0) is 19.1 Å². The molecule has 0 aromatic rings. The Bertz CT molecular complexity index is 1030. The van der Waals surface area contributed by atoms with Crippen molar-refractivity contribution in [3.63, 3.8) is 0 Å². The smallest absolute Gasteiger partial charge is 0.410 e. The number of hydrogen-bond acceptors (Lipinski definition) is 8. The van der Waals surface area contributed by atoms with E-state index in [0.717, 1.165) is 51.0 Å². The van der Waals surface area contributed by atoms with Crippen LogP contribution in [0.5, 0.6) is 0 Å². The third-order valence-corrected chi connectivity index (χ3v) is 8.83. The first-order valence-electron chi connectivity index (χ1n) is 15.9. The minimum Gasteiger partial charge on any atom is -0.457 e. The summed E-state index contributed by atoms with van der Waals surface area (Å²) in [5.41, 5.74) is -0.635. The zero-order chi connectivity index (χ0) is 31.6. The number of amides is 2. The maximum Gasteiger partial charge on any atom is 0.410 e. The number of hydrogen-bond donors (Lipinski definition) is 2. The number of carbonyl (C=O) groups is 3. The van der Waals surface area contributed by atoms with E-state index in [-0.39, 0.29) is 37.0 Å². The van der Waals surface area contributed by atoms with Crippen molar-refractivity contribution in [3.05, 3.63) is 36.0 Å². The highest BCUT2D eigenvalue weighted by Crippen LogP contribution is 2.27. The number of esters is 1. The van der Waals surface area contributed by atoms with Crippen LogP contribution in [0.4, 0.5) is 4.79 Å².